The second kappa shape index (κ2) is 28.3. The van der Waals surface area contributed by atoms with Crippen molar-refractivity contribution in [1.82, 2.24) is 42.2 Å². The summed E-state index contributed by atoms with van der Waals surface area (Å²) in [5.74, 6) is -7.66. The molecular weight excluding hydrogens is 1030 g/mol. The quantitative estimate of drug-likeness (QED) is 0.0453. The van der Waals surface area contributed by atoms with Crippen LogP contribution in [-0.4, -0.2) is 135 Å². The smallest absolute Gasteiger partial charge is 0.244 e. The lowest BCUT2D eigenvalue weighted by Gasteiger charge is -2.29. The molecule has 1 unspecified atom stereocenters. The zero-order valence-corrected chi connectivity index (χ0v) is 44.7. The van der Waals surface area contributed by atoms with Gasteiger partial charge in [-0.25, -0.2) is 0 Å². The van der Waals surface area contributed by atoms with Gasteiger partial charge < -0.3 is 69.6 Å². The van der Waals surface area contributed by atoms with Crippen LogP contribution in [0.25, 0.3) is 21.7 Å². The molecule has 0 radical (unpaired) electrons. The van der Waals surface area contributed by atoms with Crippen molar-refractivity contribution in [2.45, 2.75) is 114 Å². The van der Waals surface area contributed by atoms with Crippen molar-refractivity contribution in [3.8, 4) is 5.75 Å². The summed E-state index contributed by atoms with van der Waals surface area (Å²) in [7, 11) is 2.03. The maximum absolute atomic E-state index is 14.9. The topological polar surface area (TPSA) is 355 Å². The van der Waals surface area contributed by atoms with Crippen molar-refractivity contribution >= 4 is 90.5 Å². The summed E-state index contributed by atoms with van der Waals surface area (Å²) in [5.41, 5.74) is 20.5. The van der Waals surface area contributed by atoms with Crippen molar-refractivity contribution < 1.29 is 48.6 Å². The number of rotatable bonds is 17. The number of nitrogens with one attached hydrogen (secondary N) is 8. The highest BCUT2D eigenvalue weighted by atomic mass is 33.1. The van der Waals surface area contributed by atoms with E-state index in [-0.39, 0.29) is 49.5 Å². The first-order valence-electron chi connectivity index (χ1n) is 25.4. The van der Waals surface area contributed by atoms with Crippen LogP contribution in [0.1, 0.15) is 56.7 Å². The Kier molecular flexibility index (Phi) is 21.7. The van der Waals surface area contributed by atoms with E-state index in [2.05, 4.69) is 42.2 Å². The number of amides is 8. The summed E-state index contributed by atoms with van der Waals surface area (Å²) in [6.07, 6.45) is 1.05. The predicted octanol–water partition coefficient (Wildman–Crippen LogP) is 0.822. The van der Waals surface area contributed by atoms with Crippen LogP contribution in [0.2, 0.25) is 0 Å². The molecule has 1 aliphatic heterocycles. The number of phenolic OH excluding ortho intramolecular Hbond substituents is 1. The predicted molar refractivity (Wildman–Crippen MR) is 296 cm³/mol. The standard InChI is InChI=1S/C54H69N11O10S2/c1-29(2)45-54(75)63-44(53(74)65-46(30(3)66)47(57)68)28-77-76-27-43(62-48(69)38(56)23-32-15-18-33-10-4-5-11-34(33)22-32)52(73)60-41(24-31-16-19-36(67)20-17-31)50(71)61-42(25-35-26-58-39-13-7-6-12-37(35)39)51(72)59-40(49(70)64-45)14-8-9-21-55/h4-7,10-13,15-20,22,26,29-30,38,40-46,58,66-67H,8-9,14,21,23-25,27-28,55-56H2,1-3H3,(H2,57,68)(H,59,72)(H,60,73)(H,61,71)(H,62,69)(H,63,75)(H,64,70)(H,65,74)/t30-,38-,40+,41+,42-,43+,44+,45+,46?/m1/s1. The molecule has 1 aliphatic rings. The van der Waals surface area contributed by atoms with E-state index in [1.165, 1.54) is 19.1 Å². The molecule has 0 spiro atoms. The van der Waals surface area contributed by atoms with Crippen LogP contribution in [0.4, 0.5) is 0 Å². The lowest BCUT2D eigenvalue weighted by molar-refractivity contribution is -0.136. The third kappa shape index (κ3) is 16.9. The maximum Gasteiger partial charge on any atom is 0.244 e. The molecule has 2 heterocycles. The summed E-state index contributed by atoms with van der Waals surface area (Å²) in [6.45, 7) is 4.85. The monoisotopic (exact) mass is 1100 g/mol. The number of benzene rings is 4. The first-order chi connectivity index (χ1) is 36.8. The Morgan fingerprint density at radius 2 is 1.34 bits per heavy atom. The molecule has 1 aromatic heterocycles. The van der Waals surface area contributed by atoms with Crippen molar-refractivity contribution in [1.29, 1.82) is 0 Å². The molecule has 9 atom stereocenters. The van der Waals surface area contributed by atoms with Gasteiger partial charge in [0.2, 0.25) is 47.3 Å². The fourth-order valence-corrected chi connectivity index (χ4v) is 11.0. The molecule has 0 saturated carbocycles. The van der Waals surface area contributed by atoms with Gasteiger partial charge in [-0.2, -0.15) is 0 Å². The minimum atomic E-state index is -1.55. The van der Waals surface area contributed by atoms with Crippen LogP contribution in [0.5, 0.6) is 5.75 Å². The number of nitrogens with two attached hydrogens (primary N) is 3. The summed E-state index contributed by atoms with van der Waals surface area (Å²) in [5, 5.41) is 42.1. The average Bonchev–Trinajstić information content (AvgIpc) is 3.81. The van der Waals surface area contributed by atoms with E-state index in [1.807, 2.05) is 66.7 Å². The summed E-state index contributed by atoms with van der Waals surface area (Å²) in [4.78, 5) is 116. The number of aromatic nitrogens is 1. The molecule has 16 N–H and O–H groups in total. The van der Waals surface area contributed by atoms with Gasteiger partial charge in [0.15, 0.2) is 0 Å². The largest absolute Gasteiger partial charge is 0.508 e. The lowest BCUT2D eigenvalue weighted by atomic mass is 10.00. The van der Waals surface area contributed by atoms with Gasteiger partial charge in [0.1, 0.15) is 48.0 Å². The first-order valence-corrected chi connectivity index (χ1v) is 27.9. The van der Waals surface area contributed by atoms with Crippen LogP contribution < -0.4 is 54.4 Å². The Morgan fingerprint density at radius 3 is 2.03 bits per heavy atom. The molecule has 8 amide bonds. The number of carbonyl (C=O) groups is 8. The minimum Gasteiger partial charge on any atom is -0.508 e. The third-order valence-electron chi connectivity index (χ3n) is 13.1. The van der Waals surface area contributed by atoms with Gasteiger partial charge in [-0.3, -0.25) is 38.4 Å². The SMILES string of the molecule is CC(C)[C@@H]1NC(=O)[C@H](CCCCN)NC(=O)[C@@H](Cc2c[nH]c3ccccc23)NC(=O)[C@H](Cc2ccc(O)cc2)NC(=O)[C@@H](NC(=O)[C@H](N)Cc2ccc3ccccc3c2)CSSC[C@@H](C(=O)NC(C(N)=O)[C@@H](C)O)NC1=O. The number of H-pyrrole nitrogens is 1. The van der Waals surface area contributed by atoms with Crippen molar-refractivity contribution in [2.24, 2.45) is 23.1 Å². The summed E-state index contributed by atoms with van der Waals surface area (Å²) >= 11 is 0. The van der Waals surface area contributed by atoms with Crippen LogP contribution >= 0.6 is 21.6 Å². The Morgan fingerprint density at radius 1 is 0.714 bits per heavy atom. The van der Waals surface area contributed by atoms with Gasteiger partial charge in [0.05, 0.1) is 12.1 Å². The number of para-hydroxylation sites is 1. The Labute approximate surface area is 453 Å². The third-order valence-corrected chi connectivity index (χ3v) is 15.5. The average molecular weight is 1100 g/mol. The number of fused-ring (bicyclic) bond motifs is 2. The van der Waals surface area contributed by atoms with Crippen LogP contribution in [0.3, 0.4) is 0 Å². The second-order valence-electron chi connectivity index (χ2n) is 19.4. The van der Waals surface area contributed by atoms with E-state index < -0.39 is 108 Å². The Hall–Kier alpha value is -7.18. The minimum absolute atomic E-state index is 0.0501. The van der Waals surface area contributed by atoms with E-state index in [9.17, 15) is 48.6 Å². The first kappa shape index (κ1) is 59.1. The number of hydrogen-bond donors (Lipinski definition) is 13. The molecule has 0 aliphatic carbocycles. The van der Waals surface area contributed by atoms with Gasteiger partial charge in [-0.1, -0.05) is 108 Å². The maximum atomic E-state index is 14.9. The number of aromatic hydroxyl groups is 1. The van der Waals surface area contributed by atoms with E-state index >= 15 is 0 Å². The number of aromatic amines is 1. The second-order valence-corrected chi connectivity index (χ2v) is 22.0. The molecule has 23 heteroatoms. The molecule has 1 saturated heterocycles. The lowest BCUT2D eigenvalue weighted by Crippen LogP contribution is -2.62. The van der Waals surface area contributed by atoms with Gasteiger partial charge >= 0.3 is 0 Å². The number of phenols is 1. The van der Waals surface area contributed by atoms with E-state index in [1.54, 1.807) is 32.2 Å². The molecule has 5 aromatic rings. The van der Waals surface area contributed by atoms with E-state index in [0.29, 0.717) is 24.0 Å². The molecule has 412 valence electrons. The molecule has 1 fully saturated rings. The molecule has 77 heavy (non-hydrogen) atoms. The number of aliphatic hydroxyl groups excluding tert-OH is 1. The molecule has 6 rings (SSSR count). The highest BCUT2D eigenvalue weighted by molar-refractivity contribution is 8.76. The number of aliphatic hydroxyl groups is 1. The van der Waals surface area contributed by atoms with Crippen molar-refractivity contribution in [3.63, 3.8) is 0 Å². The molecular formula is C54H69N11O10S2. The van der Waals surface area contributed by atoms with E-state index in [4.69, 9.17) is 17.2 Å². The number of primary amides is 1. The normalized spacial score (nSPS) is 21.6. The van der Waals surface area contributed by atoms with Crippen LogP contribution in [0, 0.1) is 5.92 Å². The Bertz CT molecular complexity index is 2890. The van der Waals surface area contributed by atoms with Gasteiger partial charge in [0, 0.05) is 41.4 Å². The van der Waals surface area contributed by atoms with Crippen molar-refractivity contribution in [2.75, 3.05) is 18.1 Å². The number of carbonyl (C=O) groups excluding carboxylic acids is 8. The van der Waals surface area contributed by atoms with Crippen LogP contribution in [-0.2, 0) is 57.6 Å². The van der Waals surface area contributed by atoms with E-state index in [0.717, 1.165) is 48.8 Å². The zero-order valence-electron chi connectivity index (χ0n) is 43.1. The molecule has 4 aromatic carbocycles. The summed E-state index contributed by atoms with van der Waals surface area (Å²) < 4.78 is 0. The van der Waals surface area contributed by atoms with Gasteiger partial charge in [-0.05, 0) is 90.7 Å². The van der Waals surface area contributed by atoms with Gasteiger partial charge in [0.25, 0.3) is 0 Å². The van der Waals surface area contributed by atoms with Crippen LogP contribution in [0.15, 0.2) is 97.2 Å². The highest BCUT2D eigenvalue weighted by Gasteiger charge is 2.36. The number of hydrogen-bond acceptors (Lipinski definition) is 14. The fraction of sp³-hybridized carbons (Fsp3) is 0.407. The molecule has 0 bridgehead atoms. The Balaban J connectivity index is 1.39. The number of unbranched alkanes of at least 4 members (excludes halogenated alkanes) is 1. The fourth-order valence-electron chi connectivity index (χ4n) is 8.71. The molecule has 21 nitrogen and oxygen atoms in total. The zero-order chi connectivity index (χ0) is 55.8. The van der Waals surface area contributed by atoms with Gasteiger partial charge in [-0.15, -0.1) is 0 Å². The summed E-state index contributed by atoms with van der Waals surface area (Å²) in [6, 6.07) is 15.8. The highest BCUT2D eigenvalue weighted by Crippen LogP contribution is 2.25. The van der Waals surface area contributed by atoms with Crippen molar-refractivity contribution in [3.05, 3.63) is 114 Å².